The second-order valence-electron chi connectivity index (χ2n) is 5.01. The van der Waals surface area contributed by atoms with Gasteiger partial charge in [0.2, 0.25) is 0 Å². The van der Waals surface area contributed by atoms with Crippen molar-refractivity contribution in [2.75, 3.05) is 36.8 Å². The minimum Gasteiger partial charge on any atom is -0.478 e. The molecule has 1 aliphatic rings. The van der Waals surface area contributed by atoms with E-state index in [-0.39, 0.29) is 5.56 Å². The first-order valence-corrected chi connectivity index (χ1v) is 6.64. The molecule has 1 saturated heterocycles. The van der Waals surface area contributed by atoms with Gasteiger partial charge in [-0.15, -0.1) is 0 Å². The zero-order chi connectivity index (χ0) is 14.0. The highest BCUT2D eigenvalue weighted by Gasteiger charge is 2.25. The molecule has 1 aromatic rings. The summed E-state index contributed by atoms with van der Waals surface area (Å²) in [7, 11) is 0. The summed E-state index contributed by atoms with van der Waals surface area (Å²) in [5.74, 6) is -0.923. The summed E-state index contributed by atoms with van der Waals surface area (Å²) in [5.41, 5.74) is 7.22. The molecule has 1 aliphatic heterocycles. The number of likely N-dealkylation sites (N-methyl/N-ethyl adjacent to an activating group) is 1. The highest BCUT2D eigenvalue weighted by molar-refractivity contribution is 5.95. The van der Waals surface area contributed by atoms with Crippen molar-refractivity contribution in [3.05, 3.63) is 23.8 Å². The fourth-order valence-corrected chi connectivity index (χ4v) is 2.68. The number of nitrogens with two attached hydrogens (primary N) is 1. The van der Waals surface area contributed by atoms with Gasteiger partial charge in [0, 0.05) is 31.4 Å². The molecule has 0 aliphatic carbocycles. The van der Waals surface area contributed by atoms with E-state index in [1.807, 2.05) is 6.07 Å². The first-order chi connectivity index (χ1) is 9.02. The van der Waals surface area contributed by atoms with Crippen molar-refractivity contribution in [1.29, 1.82) is 0 Å². The van der Waals surface area contributed by atoms with Crippen molar-refractivity contribution in [2.45, 2.75) is 19.9 Å². The molecule has 104 valence electrons. The summed E-state index contributed by atoms with van der Waals surface area (Å²) < 4.78 is 0. The second kappa shape index (κ2) is 5.48. The van der Waals surface area contributed by atoms with E-state index < -0.39 is 5.97 Å². The third kappa shape index (κ3) is 2.81. The highest BCUT2D eigenvalue weighted by atomic mass is 16.4. The smallest absolute Gasteiger partial charge is 0.337 e. The van der Waals surface area contributed by atoms with Gasteiger partial charge in [0.1, 0.15) is 0 Å². The summed E-state index contributed by atoms with van der Waals surface area (Å²) in [4.78, 5) is 15.9. The molecule has 1 fully saturated rings. The van der Waals surface area contributed by atoms with Crippen LogP contribution >= 0.6 is 0 Å². The number of anilines is 2. The average molecular weight is 263 g/mol. The topological polar surface area (TPSA) is 69.8 Å². The van der Waals surface area contributed by atoms with Gasteiger partial charge in [0.05, 0.1) is 11.3 Å². The van der Waals surface area contributed by atoms with Crippen molar-refractivity contribution in [3.8, 4) is 0 Å². The summed E-state index contributed by atoms with van der Waals surface area (Å²) in [6, 6.07) is 5.54. The maximum atomic E-state index is 11.3. The molecule has 5 heteroatoms. The molecular formula is C14H21N3O2. The van der Waals surface area contributed by atoms with Crippen LogP contribution in [0.15, 0.2) is 18.2 Å². The second-order valence-corrected chi connectivity index (χ2v) is 5.01. The Hall–Kier alpha value is -1.75. The van der Waals surface area contributed by atoms with E-state index >= 15 is 0 Å². The standard InChI is InChI=1S/C14H21N3O2/c1-3-16-6-7-17(9-10(16)2)13-5-4-11(15)8-12(13)14(18)19/h4-5,8,10H,3,6-7,9,15H2,1-2H3,(H,18,19). The number of hydrogen-bond acceptors (Lipinski definition) is 4. The van der Waals surface area contributed by atoms with Crippen LogP contribution in [0.2, 0.25) is 0 Å². The number of hydrogen-bond donors (Lipinski definition) is 2. The van der Waals surface area contributed by atoms with Gasteiger partial charge in [-0.3, -0.25) is 4.90 Å². The first-order valence-electron chi connectivity index (χ1n) is 6.64. The quantitative estimate of drug-likeness (QED) is 0.809. The van der Waals surface area contributed by atoms with Crippen LogP contribution in [0, 0.1) is 0 Å². The molecule has 2 rings (SSSR count). The summed E-state index contributed by atoms with van der Waals surface area (Å²) >= 11 is 0. The van der Waals surface area contributed by atoms with Crippen LogP contribution in [0.4, 0.5) is 11.4 Å². The van der Waals surface area contributed by atoms with Crippen molar-refractivity contribution < 1.29 is 9.90 Å². The molecule has 0 amide bonds. The Kier molecular flexibility index (Phi) is 3.95. The van der Waals surface area contributed by atoms with Crippen molar-refractivity contribution in [2.24, 2.45) is 0 Å². The predicted octanol–water partition coefficient (Wildman–Crippen LogP) is 1.50. The van der Waals surface area contributed by atoms with E-state index in [0.717, 1.165) is 31.9 Å². The molecule has 19 heavy (non-hydrogen) atoms. The number of rotatable bonds is 3. The van der Waals surface area contributed by atoms with E-state index in [1.54, 1.807) is 6.07 Å². The van der Waals surface area contributed by atoms with Crippen LogP contribution in [-0.4, -0.2) is 48.2 Å². The van der Waals surface area contributed by atoms with E-state index in [0.29, 0.717) is 11.7 Å². The van der Waals surface area contributed by atoms with E-state index in [1.165, 1.54) is 6.07 Å². The molecule has 3 N–H and O–H groups in total. The van der Waals surface area contributed by atoms with Crippen molar-refractivity contribution in [1.82, 2.24) is 4.90 Å². The van der Waals surface area contributed by atoms with Crippen LogP contribution in [0.25, 0.3) is 0 Å². The van der Waals surface area contributed by atoms with Crippen LogP contribution < -0.4 is 10.6 Å². The van der Waals surface area contributed by atoms with Gasteiger partial charge in [0.25, 0.3) is 0 Å². The molecule has 0 radical (unpaired) electrons. The van der Waals surface area contributed by atoms with Gasteiger partial charge in [0.15, 0.2) is 0 Å². The monoisotopic (exact) mass is 263 g/mol. The van der Waals surface area contributed by atoms with Crippen LogP contribution in [-0.2, 0) is 0 Å². The first kappa shape index (κ1) is 13.7. The van der Waals surface area contributed by atoms with Crippen LogP contribution in [0.5, 0.6) is 0 Å². The minimum atomic E-state index is -0.923. The third-order valence-electron chi connectivity index (χ3n) is 3.76. The van der Waals surface area contributed by atoms with Crippen LogP contribution in [0.3, 0.4) is 0 Å². The number of carboxylic acids is 1. The Bertz CT molecular complexity index is 476. The van der Waals surface area contributed by atoms with Gasteiger partial charge in [-0.05, 0) is 31.7 Å². The van der Waals surface area contributed by atoms with Gasteiger partial charge < -0.3 is 15.7 Å². The summed E-state index contributed by atoms with van der Waals surface area (Å²) in [5, 5.41) is 9.29. The van der Waals surface area contributed by atoms with Crippen molar-refractivity contribution >= 4 is 17.3 Å². The lowest BCUT2D eigenvalue weighted by Gasteiger charge is -2.41. The Morgan fingerprint density at radius 2 is 2.21 bits per heavy atom. The Morgan fingerprint density at radius 3 is 2.79 bits per heavy atom. The van der Waals surface area contributed by atoms with Crippen molar-refractivity contribution in [3.63, 3.8) is 0 Å². The molecule has 5 nitrogen and oxygen atoms in total. The number of piperazine rings is 1. The third-order valence-corrected chi connectivity index (χ3v) is 3.76. The molecular weight excluding hydrogens is 242 g/mol. The largest absolute Gasteiger partial charge is 0.478 e. The maximum Gasteiger partial charge on any atom is 0.337 e. The number of nitrogens with zero attached hydrogens (tertiary/aromatic N) is 2. The summed E-state index contributed by atoms with van der Waals surface area (Å²) in [6.45, 7) is 8.01. The van der Waals surface area contributed by atoms with Crippen LogP contribution in [0.1, 0.15) is 24.2 Å². The summed E-state index contributed by atoms with van der Waals surface area (Å²) in [6.07, 6.45) is 0. The lowest BCUT2D eigenvalue weighted by molar-refractivity contribution is 0.0697. The van der Waals surface area contributed by atoms with Gasteiger partial charge in [-0.2, -0.15) is 0 Å². The highest BCUT2D eigenvalue weighted by Crippen LogP contribution is 2.25. The fraction of sp³-hybridized carbons (Fsp3) is 0.500. The zero-order valence-electron chi connectivity index (χ0n) is 11.5. The number of nitrogen functional groups attached to an aromatic ring is 1. The molecule has 0 aromatic heterocycles. The molecule has 1 heterocycles. The number of carbonyl (C=O) groups is 1. The Labute approximate surface area is 113 Å². The number of carboxylic acid groups (broad SMARTS) is 1. The lowest BCUT2D eigenvalue weighted by Crippen LogP contribution is -2.52. The van der Waals surface area contributed by atoms with E-state index in [2.05, 4.69) is 23.6 Å². The molecule has 1 atom stereocenters. The number of benzene rings is 1. The maximum absolute atomic E-state index is 11.3. The van der Waals surface area contributed by atoms with E-state index in [4.69, 9.17) is 5.73 Å². The van der Waals surface area contributed by atoms with Gasteiger partial charge in [-0.1, -0.05) is 6.92 Å². The predicted molar refractivity (Wildman–Crippen MR) is 76.7 cm³/mol. The molecule has 1 unspecified atom stereocenters. The SMILES string of the molecule is CCN1CCN(c2ccc(N)cc2C(=O)O)CC1C. The number of aromatic carboxylic acids is 1. The van der Waals surface area contributed by atoms with Gasteiger partial charge in [-0.25, -0.2) is 4.79 Å². The lowest BCUT2D eigenvalue weighted by atomic mass is 10.1. The molecule has 1 aromatic carbocycles. The average Bonchev–Trinajstić information content (AvgIpc) is 2.38. The molecule has 0 spiro atoms. The minimum absolute atomic E-state index is 0.289. The Morgan fingerprint density at radius 1 is 1.47 bits per heavy atom. The molecule has 0 bridgehead atoms. The fourth-order valence-electron chi connectivity index (χ4n) is 2.68. The molecule has 0 saturated carbocycles. The van der Waals surface area contributed by atoms with Gasteiger partial charge >= 0.3 is 5.97 Å². The normalized spacial score (nSPS) is 20.5. The zero-order valence-corrected chi connectivity index (χ0v) is 11.5. The Balaban J connectivity index is 2.25. The van der Waals surface area contributed by atoms with E-state index in [9.17, 15) is 9.90 Å².